The van der Waals surface area contributed by atoms with Crippen LogP contribution in [0.2, 0.25) is 0 Å². The molecule has 4 heteroatoms. The van der Waals surface area contributed by atoms with E-state index in [0.717, 1.165) is 17.0 Å². The quantitative estimate of drug-likeness (QED) is 0.655. The summed E-state index contributed by atoms with van der Waals surface area (Å²) in [6.07, 6.45) is 0. The summed E-state index contributed by atoms with van der Waals surface area (Å²) in [5.41, 5.74) is 8.95. The van der Waals surface area contributed by atoms with Crippen LogP contribution in [-0.4, -0.2) is 18.2 Å². The maximum atomic E-state index is 11.9. The van der Waals surface area contributed by atoms with Crippen LogP contribution in [0.15, 0.2) is 47.6 Å². The van der Waals surface area contributed by atoms with E-state index in [1.165, 1.54) is 16.7 Å². The number of benzene rings is 2. The Bertz CT molecular complexity index is 718. The Balaban J connectivity index is 1.89. The zero-order valence-corrected chi connectivity index (χ0v) is 14.1. The van der Waals surface area contributed by atoms with Crippen LogP contribution in [0, 0.1) is 20.8 Å². The number of amides is 1. The average molecular weight is 309 g/mol. The van der Waals surface area contributed by atoms with Gasteiger partial charge in [-0.2, -0.15) is 5.10 Å². The lowest BCUT2D eigenvalue weighted by Gasteiger charge is -2.07. The molecule has 0 unspecified atom stereocenters. The molecule has 0 aromatic heterocycles. The van der Waals surface area contributed by atoms with Gasteiger partial charge in [0.25, 0.3) is 5.91 Å². The lowest BCUT2D eigenvalue weighted by Crippen LogP contribution is -2.26. The molecule has 0 aliphatic rings. The first-order chi connectivity index (χ1) is 11.0. The van der Waals surface area contributed by atoms with Gasteiger partial charge in [0.15, 0.2) is 0 Å². The molecular weight excluding hydrogens is 286 g/mol. The van der Waals surface area contributed by atoms with Crippen LogP contribution in [0.4, 0.5) is 5.69 Å². The topological polar surface area (TPSA) is 53.5 Å². The van der Waals surface area contributed by atoms with Crippen molar-refractivity contribution in [2.75, 3.05) is 11.9 Å². The SMILES string of the molecule is C/C(=N/NC(=O)CNc1ccc(C)cc1)c1ccc(C)c(C)c1. The van der Waals surface area contributed by atoms with Gasteiger partial charge in [-0.15, -0.1) is 0 Å². The number of anilines is 1. The predicted molar refractivity (Wildman–Crippen MR) is 95.9 cm³/mol. The first kappa shape index (κ1) is 16.7. The number of hydrogen-bond acceptors (Lipinski definition) is 3. The Morgan fingerprint density at radius 2 is 1.70 bits per heavy atom. The van der Waals surface area contributed by atoms with Crippen LogP contribution in [0.3, 0.4) is 0 Å². The Kier molecular flexibility index (Phi) is 5.52. The van der Waals surface area contributed by atoms with Crippen LogP contribution < -0.4 is 10.7 Å². The summed E-state index contributed by atoms with van der Waals surface area (Å²) in [4.78, 5) is 11.9. The predicted octanol–water partition coefficient (Wildman–Crippen LogP) is 3.56. The van der Waals surface area contributed by atoms with Crippen LogP contribution in [0.25, 0.3) is 0 Å². The summed E-state index contributed by atoms with van der Waals surface area (Å²) in [6, 6.07) is 14.1. The first-order valence-corrected chi connectivity index (χ1v) is 7.67. The number of carbonyl (C=O) groups is 1. The lowest BCUT2D eigenvalue weighted by atomic mass is 10.0. The van der Waals surface area contributed by atoms with E-state index >= 15 is 0 Å². The highest BCUT2D eigenvalue weighted by Crippen LogP contribution is 2.10. The second kappa shape index (κ2) is 7.58. The molecule has 0 aliphatic carbocycles. The molecule has 0 heterocycles. The summed E-state index contributed by atoms with van der Waals surface area (Å²) in [5, 5.41) is 7.24. The highest BCUT2D eigenvalue weighted by molar-refractivity contribution is 5.99. The molecule has 0 spiro atoms. The summed E-state index contributed by atoms with van der Waals surface area (Å²) < 4.78 is 0. The second-order valence-electron chi connectivity index (χ2n) is 5.75. The summed E-state index contributed by atoms with van der Waals surface area (Å²) in [7, 11) is 0. The van der Waals surface area contributed by atoms with Crippen molar-refractivity contribution >= 4 is 17.3 Å². The molecule has 23 heavy (non-hydrogen) atoms. The van der Waals surface area contributed by atoms with Gasteiger partial charge in [-0.3, -0.25) is 4.79 Å². The van der Waals surface area contributed by atoms with Crippen LogP contribution >= 0.6 is 0 Å². The number of hydrogen-bond donors (Lipinski definition) is 2. The van der Waals surface area contributed by atoms with Crippen molar-refractivity contribution in [2.24, 2.45) is 5.10 Å². The van der Waals surface area contributed by atoms with Gasteiger partial charge >= 0.3 is 0 Å². The van der Waals surface area contributed by atoms with Crippen molar-refractivity contribution in [3.8, 4) is 0 Å². The molecule has 2 aromatic rings. The maximum absolute atomic E-state index is 11.9. The van der Waals surface area contributed by atoms with E-state index in [-0.39, 0.29) is 12.5 Å². The fourth-order valence-corrected chi connectivity index (χ4v) is 2.07. The minimum atomic E-state index is -0.172. The second-order valence-corrected chi connectivity index (χ2v) is 5.75. The van der Waals surface area contributed by atoms with Crippen LogP contribution in [0.5, 0.6) is 0 Å². The van der Waals surface area contributed by atoms with E-state index in [1.807, 2.05) is 44.2 Å². The molecule has 4 nitrogen and oxygen atoms in total. The molecule has 0 atom stereocenters. The third-order valence-corrected chi connectivity index (χ3v) is 3.78. The van der Waals surface area contributed by atoms with E-state index in [0.29, 0.717) is 0 Å². The van der Waals surface area contributed by atoms with Crippen molar-refractivity contribution in [3.63, 3.8) is 0 Å². The molecule has 0 saturated carbocycles. The minimum Gasteiger partial charge on any atom is -0.376 e. The highest BCUT2D eigenvalue weighted by Gasteiger charge is 2.03. The van der Waals surface area contributed by atoms with E-state index in [9.17, 15) is 4.79 Å². The Hall–Kier alpha value is -2.62. The van der Waals surface area contributed by atoms with Crippen molar-refractivity contribution in [3.05, 3.63) is 64.7 Å². The van der Waals surface area contributed by atoms with Gasteiger partial charge in [-0.25, -0.2) is 5.43 Å². The Morgan fingerprint density at radius 1 is 1.00 bits per heavy atom. The molecule has 120 valence electrons. The van der Waals surface area contributed by atoms with E-state index in [1.54, 1.807) is 0 Å². The van der Waals surface area contributed by atoms with Crippen molar-refractivity contribution in [1.82, 2.24) is 5.43 Å². The molecule has 0 aliphatic heterocycles. The molecule has 0 fully saturated rings. The van der Waals surface area contributed by atoms with Gasteiger partial charge in [-0.05, 0) is 62.6 Å². The fraction of sp³-hybridized carbons (Fsp3) is 0.263. The van der Waals surface area contributed by atoms with Gasteiger partial charge in [-0.1, -0.05) is 29.8 Å². The third kappa shape index (κ3) is 4.95. The zero-order valence-electron chi connectivity index (χ0n) is 14.1. The van der Waals surface area contributed by atoms with Crippen molar-refractivity contribution in [2.45, 2.75) is 27.7 Å². The maximum Gasteiger partial charge on any atom is 0.259 e. The first-order valence-electron chi connectivity index (χ1n) is 7.67. The standard InChI is InChI=1S/C19H23N3O/c1-13-5-9-18(10-6-13)20-12-19(23)22-21-16(4)17-8-7-14(2)15(3)11-17/h5-11,20H,12H2,1-4H3,(H,22,23)/b21-16-. The number of hydrazone groups is 1. The van der Waals surface area contributed by atoms with Crippen molar-refractivity contribution in [1.29, 1.82) is 0 Å². The van der Waals surface area contributed by atoms with Gasteiger partial charge in [0.05, 0.1) is 12.3 Å². The average Bonchev–Trinajstić information content (AvgIpc) is 2.54. The summed E-state index contributed by atoms with van der Waals surface area (Å²) in [6.45, 7) is 8.24. The number of aryl methyl sites for hydroxylation is 3. The molecular formula is C19H23N3O. The smallest absolute Gasteiger partial charge is 0.259 e. The Labute approximate surface area is 137 Å². The molecule has 0 saturated heterocycles. The Morgan fingerprint density at radius 3 is 2.35 bits per heavy atom. The molecule has 0 radical (unpaired) electrons. The molecule has 2 aromatic carbocycles. The number of nitrogens with one attached hydrogen (secondary N) is 2. The summed E-state index contributed by atoms with van der Waals surface area (Å²) in [5.74, 6) is -0.172. The van der Waals surface area contributed by atoms with Crippen LogP contribution in [-0.2, 0) is 4.79 Å². The molecule has 0 bridgehead atoms. The molecule has 2 rings (SSSR count). The van der Waals surface area contributed by atoms with E-state index < -0.39 is 0 Å². The van der Waals surface area contributed by atoms with Gasteiger partial charge in [0.1, 0.15) is 0 Å². The van der Waals surface area contributed by atoms with Gasteiger partial charge in [0.2, 0.25) is 0 Å². The van der Waals surface area contributed by atoms with Gasteiger partial charge in [0, 0.05) is 5.69 Å². The van der Waals surface area contributed by atoms with Gasteiger partial charge < -0.3 is 5.32 Å². The lowest BCUT2D eigenvalue weighted by molar-refractivity contribution is -0.119. The van der Waals surface area contributed by atoms with Crippen LogP contribution in [0.1, 0.15) is 29.2 Å². The number of carbonyl (C=O) groups excluding carboxylic acids is 1. The molecule has 1 amide bonds. The summed E-state index contributed by atoms with van der Waals surface area (Å²) >= 11 is 0. The number of rotatable bonds is 5. The zero-order chi connectivity index (χ0) is 16.8. The van der Waals surface area contributed by atoms with E-state index in [2.05, 4.69) is 41.8 Å². The number of nitrogens with zero attached hydrogens (tertiary/aromatic N) is 1. The minimum absolute atomic E-state index is 0.172. The monoisotopic (exact) mass is 309 g/mol. The normalized spacial score (nSPS) is 11.2. The van der Waals surface area contributed by atoms with E-state index in [4.69, 9.17) is 0 Å². The van der Waals surface area contributed by atoms with Crippen molar-refractivity contribution < 1.29 is 4.79 Å². The molecule has 2 N–H and O–H groups in total. The highest BCUT2D eigenvalue weighted by atomic mass is 16.2. The third-order valence-electron chi connectivity index (χ3n) is 3.78. The fourth-order valence-electron chi connectivity index (χ4n) is 2.07. The largest absolute Gasteiger partial charge is 0.376 e.